The van der Waals surface area contributed by atoms with Crippen LogP contribution in [-0.2, 0) is 14.2 Å². The Bertz CT molecular complexity index is 1280. The molecule has 0 bridgehead atoms. The van der Waals surface area contributed by atoms with E-state index in [1.165, 1.54) is 6.08 Å². The van der Waals surface area contributed by atoms with Crippen LogP contribution in [0.2, 0.25) is 0 Å². The van der Waals surface area contributed by atoms with E-state index in [0.29, 0.717) is 48.5 Å². The lowest BCUT2D eigenvalue weighted by molar-refractivity contribution is 0.0549. The van der Waals surface area contributed by atoms with Crippen molar-refractivity contribution in [3.63, 3.8) is 0 Å². The van der Waals surface area contributed by atoms with E-state index in [1.54, 1.807) is 19.3 Å². The fourth-order valence-corrected chi connectivity index (χ4v) is 5.44. The lowest BCUT2D eigenvalue weighted by atomic mass is 9.90. The monoisotopic (exact) mass is 537 g/mol. The number of nitrogens with one attached hydrogen (secondary N) is 1. The maximum atomic E-state index is 14.7. The van der Waals surface area contributed by atoms with Gasteiger partial charge >= 0.3 is 0 Å². The molecule has 0 radical (unpaired) electrons. The molecule has 1 aromatic carbocycles. The van der Waals surface area contributed by atoms with E-state index in [2.05, 4.69) is 20.6 Å². The van der Waals surface area contributed by atoms with Crippen LogP contribution < -0.4 is 5.43 Å². The van der Waals surface area contributed by atoms with Crippen LogP contribution >= 0.6 is 0 Å². The van der Waals surface area contributed by atoms with Crippen LogP contribution in [0.4, 0.5) is 4.39 Å². The smallest absolute Gasteiger partial charge is 0.253 e. The molecular weight excluding hydrogens is 505 g/mol. The van der Waals surface area contributed by atoms with Crippen molar-refractivity contribution in [2.24, 2.45) is 11.0 Å². The van der Waals surface area contributed by atoms with Crippen LogP contribution in [0.5, 0.6) is 0 Å². The molecule has 6 rings (SSSR count). The molecule has 3 atom stereocenters. The number of halogens is 1. The van der Waals surface area contributed by atoms with E-state index in [4.69, 9.17) is 18.7 Å². The van der Waals surface area contributed by atoms with Gasteiger partial charge in [0, 0.05) is 63.1 Å². The summed E-state index contributed by atoms with van der Waals surface area (Å²) < 4.78 is 36.2. The average molecular weight is 538 g/mol. The molecule has 1 N–H and O–H groups in total. The Labute approximate surface area is 226 Å². The Balaban J connectivity index is 1.07. The number of nitrogens with zero attached hydrogens (tertiary/aromatic N) is 4. The number of fused-ring (bicyclic) bond motifs is 1. The molecular formula is C28H32FN5O5. The third-order valence-corrected chi connectivity index (χ3v) is 7.69. The number of hydrogen-bond acceptors (Lipinski definition) is 9. The highest BCUT2D eigenvalue weighted by Gasteiger charge is 2.36. The second-order valence-electron chi connectivity index (χ2n) is 10.1. The zero-order valence-electron chi connectivity index (χ0n) is 21.8. The van der Waals surface area contributed by atoms with Gasteiger partial charge in [-0.1, -0.05) is 17.3 Å². The van der Waals surface area contributed by atoms with Gasteiger partial charge in [-0.15, -0.1) is 0 Å². The number of carbonyl (C=O) groups excluding carboxylic acids is 1. The normalized spacial score (nSPS) is 25.0. The van der Waals surface area contributed by atoms with Crippen molar-refractivity contribution >= 4 is 11.6 Å². The number of allylic oxidation sites excluding steroid dienone is 1. The van der Waals surface area contributed by atoms with E-state index in [9.17, 15) is 9.18 Å². The average Bonchev–Trinajstić information content (AvgIpc) is 3.74. The summed E-state index contributed by atoms with van der Waals surface area (Å²) in [6, 6.07) is 9.39. The Hall–Kier alpha value is -3.54. The molecule has 2 fully saturated rings. The second-order valence-corrected chi connectivity index (χ2v) is 10.1. The number of benzene rings is 1. The summed E-state index contributed by atoms with van der Waals surface area (Å²) in [5, 5.41) is 8.58. The number of ether oxygens (including phenoxy) is 3. The number of carbonyl (C=O) groups is 1. The zero-order chi connectivity index (χ0) is 26.8. The number of hydrazone groups is 1. The molecule has 2 aromatic rings. The largest absolute Gasteiger partial charge is 0.488 e. The zero-order valence-corrected chi connectivity index (χ0v) is 21.8. The molecule has 4 aliphatic rings. The lowest BCUT2D eigenvalue weighted by Crippen LogP contribution is -2.52. The standard InChI is InChI=1S/C28H32FN5O5/c1-36-12-13-38-25-16-24-21(14-22(25)29)27(31-30-24)26-15-23(32-39-26)18-2-4-19(5-3-18)28(35)34-9-7-33(8-10-34)20-6-11-37-17-20/h2-5,14-16,20-21,24,30H,6-13,17H2,1H3. The fraction of sp³-hybridized carbons (Fsp3) is 0.464. The molecule has 1 aliphatic carbocycles. The van der Waals surface area contributed by atoms with Gasteiger partial charge in [0.1, 0.15) is 18.0 Å². The van der Waals surface area contributed by atoms with Crippen molar-refractivity contribution in [1.82, 2.24) is 20.4 Å². The number of methoxy groups -OCH3 is 1. The minimum Gasteiger partial charge on any atom is -0.488 e. The summed E-state index contributed by atoms with van der Waals surface area (Å²) in [5.74, 6) is -0.126. The van der Waals surface area contributed by atoms with Crippen LogP contribution in [0.3, 0.4) is 0 Å². The fourth-order valence-electron chi connectivity index (χ4n) is 5.44. The maximum Gasteiger partial charge on any atom is 0.253 e. The van der Waals surface area contributed by atoms with Crippen molar-refractivity contribution in [2.75, 3.05) is 59.7 Å². The van der Waals surface area contributed by atoms with Crippen LogP contribution in [0.25, 0.3) is 11.3 Å². The Morgan fingerprint density at radius 2 is 1.97 bits per heavy atom. The molecule has 0 spiro atoms. The summed E-state index contributed by atoms with van der Waals surface area (Å²) in [5.41, 5.74) is 5.65. The molecule has 11 heteroatoms. The van der Waals surface area contributed by atoms with E-state index < -0.39 is 5.83 Å². The van der Waals surface area contributed by atoms with Crippen molar-refractivity contribution in [2.45, 2.75) is 18.5 Å². The van der Waals surface area contributed by atoms with Gasteiger partial charge in [-0.3, -0.25) is 9.69 Å². The van der Waals surface area contributed by atoms with Crippen molar-refractivity contribution in [3.8, 4) is 11.3 Å². The number of piperazine rings is 1. The van der Waals surface area contributed by atoms with Gasteiger partial charge in [0.15, 0.2) is 17.3 Å². The molecule has 10 nitrogen and oxygen atoms in total. The Morgan fingerprint density at radius 3 is 2.72 bits per heavy atom. The summed E-state index contributed by atoms with van der Waals surface area (Å²) in [6.07, 6.45) is 4.23. The first-order valence-corrected chi connectivity index (χ1v) is 13.3. The Kier molecular flexibility index (Phi) is 7.45. The second kappa shape index (κ2) is 11.3. The molecule has 2 saturated heterocycles. The minimum absolute atomic E-state index is 0.0341. The number of hydrogen-bond donors (Lipinski definition) is 1. The first-order chi connectivity index (χ1) is 19.1. The topological polar surface area (TPSA) is 102 Å². The highest BCUT2D eigenvalue weighted by Crippen LogP contribution is 2.32. The summed E-state index contributed by atoms with van der Waals surface area (Å²) in [7, 11) is 1.56. The van der Waals surface area contributed by atoms with Gasteiger partial charge < -0.3 is 29.1 Å². The van der Waals surface area contributed by atoms with E-state index in [1.807, 2.05) is 29.2 Å². The molecule has 206 valence electrons. The van der Waals surface area contributed by atoms with Crippen molar-refractivity contribution in [3.05, 3.63) is 65.4 Å². The van der Waals surface area contributed by atoms with Gasteiger partial charge in [0.05, 0.1) is 25.2 Å². The molecule has 39 heavy (non-hydrogen) atoms. The predicted molar refractivity (Wildman–Crippen MR) is 141 cm³/mol. The van der Waals surface area contributed by atoms with Gasteiger partial charge in [-0.2, -0.15) is 5.10 Å². The SMILES string of the molecule is COCCOC1=CC2NN=C(c3cc(-c4ccc(C(=O)N5CCN(C6CCOC6)CC5)cc4)no3)C2C=C1F. The van der Waals surface area contributed by atoms with Crippen LogP contribution in [0.1, 0.15) is 22.5 Å². The van der Waals surface area contributed by atoms with Gasteiger partial charge in [0.25, 0.3) is 5.91 Å². The molecule has 1 amide bonds. The minimum atomic E-state index is -0.447. The third-order valence-electron chi connectivity index (χ3n) is 7.69. The predicted octanol–water partition coefficient (Wildman–Crippen LogP) is 2.59. The summed E-state index contributed by atoms with van der Waals surface area (Å²) >= 11 is 0. The highest BCUT2D eigenvalue weighted by atomic mass is 19.1. The third kappa shape index (κ3) is 5.34. The van der Waals surface area contributed by atoms with Gasteiger partial charge in [-0.05, 0) is 30.7 Å². The highest BCUT2D eigenvalue weighted by molar-refractivity contribution is 6.03. The van der Waals surface area contributed by atoms with E-state index in [-0.39, 0.29) is 30.2 Å². The summed E-state index contributed by atoms with van der Waals surface area (Å²) in [6.45, 7) is 5.43. The number of rotatable bonds is 8. The maximum absolute atomic E-state index is 14.7. The molecule has 3 unspecified atom stereocenters. The number of aromatic nitrogens is 1. The van der Waals surface area contributed by atoms with Gasteiger partial charge in [0.2, 0.25) is 0 Å². The van der Waals surface area contributed by atoms with Gasteiger partial charge in [-0.25, -0.2) is 4.39 Å². The molecule has 1 aromatic heterocycles. The molecule has 0 saturated carbocycles. The lowest BCUT2D eigenvalue weighted by Gasteiger charge is -2.37. The van der Waals surface area contributed by atoms with Crippen LogP contribution in [0.15, 0.2) is 63.7 Å². The van der Waals surface area contributed by atoms with Crippen LogP contribution in [0, 0.1) is 5.92 Å². The van der Waals surface area contributed by atoms with E-state index >= 15 is 0 Å². The summed E-state index contributed by atoms with van der Waals surface area (Å²) in [4.78, 5) is 17.4. The van der Waals surface area contributed by atoms with Crippen molar-refractivity contribution in [1.29, 1.82) is 0 Å². The molecule has 4 heterocycles. The number of amides is 1. The first-order valence-electron chi connectivity index (χ1n) is 13.3. The van der Waals surface area contributed by atoms with Crippen LogP contribution in [-0.4, -0.2) is 98.4 Å². The van der Waals surface area contributed by atoms with Crippen molar-refractivity contribution < 1.29 is 27.9 Å². The Morgan fingerprint density at radius 1 is 1.15 bits per heavy atom. The first kappa shape index (κ1) is 25.7. The quantitative estimate of drug-likeness (QED) is 0.513. The molecule has 3 aliphatic heterocycles. The van der Waals surface area contributed by atoms with E-state index in [0.717, 1.165) is 38.3 Å².